The van der Waals surface area contributed by atoms with Gasteiger partial charge in [0.25, 0.3) is 0 Å². The summed E-state index contributed by atoms with van der Waals surface area (Å²) in [5.74, 6) is -6.80. The molecule has 0 spiro atoms. The third-order valence-electron chi connectivity index (χ3n) is 6.62. The molecule has 4 aromatic carbocycles. The van der Waals surface area contributed by atoms with Gasteiger partial charge in [0.15, 0.2) is 0 Å². The van der Waals surface area contributed by atoms with Crippen LogP contribution in [0.2, 0.25) is 0 Å². The van der Waals surface area contributed by atoms with Crippen LogP contribution in [0.5, 0.6) is 5.75 Å². The fourth-order valence-electron chi connectivity index (χ4n) is 4.30. The van der Waals surface area contributed by atoms with Gasteiger partial charge in [-0.05, 0) is 72.6 Å². The van der Waals surface area contributed by atoms with Crippen molar-refractivity contribution in [2.24, 2.45) is 5.92 Å². The van der Waals surface area contributed by atoms with Crippen molar-refractivity contribution < 1.29 is 35.5 Å². The Morgan fingerprint density at radius 2 is 1.24 bits per heavy atom. The topological polar surface area (TPSA) is 9.23 Å². The third kappa shape index (κ3) is 5.26. The highest BCUT2D eigenvalue weighted by atomic mass is 19.3. The fourth-order valence-corrected chi connectivity index (χ4v) is 4.30. The molecule has 4 aromatic rings. The number of benzene rings is 4. The van der Waals surface area contributed by atoms with Crippen LogP contribution in [-0.2, 0) is 12.5 Å². The number of alkyl halides is 2. The highest BCUT2D eigenvalue weighted by molar-refractivity contribution is 5.71. The molecular weight excluding hydrogens is 509 g/mol. The molecule has 0 unspecified atom stereocenters. The second-order valence-corrected chi connectivity index (χ2v) is 9.48. The minimum atomic E-state index is -4.62. The molecule has 0 radical (unpaired) electrons. The maximum atomic E-state index is 15.0. The van der Waals surface area contributed by atoms with Gasteiger partial charge in [0.05, 0.1) is 0 Å². The van der Waals surface area contributed by atoms with Crippen LogP contribution in [0.1, 0.15) is 29.5 Å². The van der Waals surface area contributed by atoms with Gasteiger partial charge in [0.1, 0.15) is 40.4 Å². The zero-order valence-corrected chi connectivity index (χ0v) is 20.1. The van der Waals surface area contributed by atoms with Crippen molar-refractivity contribution in [3.05, 3.63) is 113 Å². The smallest absolute Gasteiger partial charge is 0.429 e. The first-order chi connectivity index (χ1) is 18.0. The Hall–Kier alpha value is -3.81. The number of ether oxygens (including phenoxy) is 1. The van der Waals surface area contributed by atoms with E-state index < -0.39 is 52.1 Å². The van der Waals surface area contributed by atoms with E-state index in [0.717, 1.165) is 24.8 Å². The quantitative estimate of drug-likeness (QED) is 0.217. The second-order valence-electron chi connectivity index (χ2n) is 9.48. The van der Waals surface area contributed by atoms with E-state index in [-0.39, 0.29) is 11.1 Å². The normalized spacial score (nSPS) is 13.6. The summed E-state index contributed by atoms with van der Waals surface area (Å²) in [4.78, 5) is 0. The monoisotopic (exact) mass is 530 g/mol. The van der Waals surface area contributed by atoms with Gasteiger partial charge >= 0.3 is 6.11 Å². The molecule has 0 amide bonds. The maximum absolute atomic E-state index is 15.0. The average molecular weight is 530 g/mol. The minimum Gasteiger partial charge on any atom is -0.429 e. The summed E-state index contributed by atoms with van der Waals surface area (Å²) in [5, 5.41) is 0. The van der Waals surface area contributed by atoms with E-state index in [9.17, 15) is 30.7 Å². The van der Waals surface area contributed by atoms with Gasteiger partial charge in [-0.15, -0.1) is 0 Å². The van der Waals surface area contributed by atoms with Crippen LogP contribution >= 0.6 is 0 Å². The molecule has 5 rings (SSSR count). The van der Waals surface area contributed by atoms with Crippen LogP contribution < -0.4 is 4.74 Å². The van der Waals surface area contributed by atoms with Gasteiger partial charge in [-0.25, -0.2) is 22.0 Å². The molecule has 196 valence electrons. The molecular formula is C30H21F7O. The summed E-state index contributed by atoms with van der Waals surface area (Å²) in [6.07, 6.45) is -1.15. The first-order valence-corrected chi connectivity index (χ1v) is 11.9. The lowest BCUT2D eigenvalue weighted by Crippen LogP contribution is -2.25. The molecule has 0 bridgehead atoms. The Morgan fingerprint density at radius 1 is 0.684 bits per heavy atom. The summed E-state index contributed by atoms with van der Waals surface area (Å²) in [5.41, 5.74) is -0.223. The van der Waals surface area contributed by atoms with Gasteiger partial charge < -0.3 is 4.74 Å². The molecule has 1 aliphatic carbocycles. The van der Waals surface area contributed by atoms with E-state index in [2.05, 4.69) is 4.74 Å². The van der Waals surface area contributed by atoms with Crippen molar-refractivity contribution in [3.63, 3.8) is 0 Å². The summed E-state index contributed by atoms with van der Waals surface area (Å²) in [6, 6.07) is 13.8. The molecule has 0 aromatic heterocycles. The van der Waals surface area contributed by atoms with Gasteiger partial charge in [0.2, 0.25) is 0 Å². The molecule has 0 aliphatic heterocycles. The van der Waals surface area contributed by atoms with E-state index in [4.69, 9.17) is 0 Å². The minimum absolute atomic E-state index is 0.199. The second kappa shape index (κ2) is 9.82. The Labute approximate surface area is 214 Å². The SMILES string of the molecule is Cc1c(F)cc(OC(F)(F)c2c(F)cc(-c3ccc(-c4ccc(CC5CC5)cc4)cc3F)cc2F)cc1F. The van der Waals surface area contributed by atoms with Crippen LogP contribution in [0.25, 0.3) is 22.3 Å². The van der Waals surface area contributed by atoms with Gasteiger partial charge in [-0.1, -0.05) is 36.4 Å². The van der Waals surface area contributed by atoms with Crippen molar-refractivity contribution in [3.8, 4) is 28.0 Å². The number of rotatable bonds is 7. The Balaban J connectivity index is 1.41. The first-order valence-electron chi connectivity index (χ1n) is 11.9. The summed E-state index contributed by atoms with van der Waals surface area (Å²) < 4.78 is 106. The van der Waals surface area contributed by atoms with Gasteiger partial charge in [-0.3, -0.25) is 0 Å². The fraction of sp³-hybridized carbons (Fsp3) is 0.200. The number of hydrogen-bond donors (Lipinski definition) is 0. The standard InChI is InChI=1S/C30H21F7O/c1-16-24(31)14-22(15-25(16)32)38-30(36,37)29-27(34)12-21(13-28(29)35)23-9-8-20(11-26(23)33)19-6-4-18(5-7-19)10-17-2-3-17/h4-9,11-15,17H,2-3,10H2,1H3. The van der Waals surface area contributed by atoms with Crippen LogP contribution in [0, 0.1) is 41.9 Å². The molecule has 1 fully saturated rings. The Bertz CT molecular complexity index is 1460. The predicted molar refractivity (Wildman–Crippen MR) is 129 cm³/mol. The van der Waals surface area contributed by atoms with Crippen molar-refractivity contribution in [2.75, 3.05) is 0 Å². The van der Waals surface area contributed by atoms with Crippen LogP contribution in [-0.4, -0.2) is 0 Å². The largest absolute Gasteiger partial charge is 0.432 e. The molecule has 1 aliphatic rings. The lowest BCUT2D eigenvalue weighted by molar-refractivity contribution is -0.189. The molecule has 0 heterocycles. The summed E-state index contributed by atoms with van der Waals surface area (Å²) >= 11 is 0. The van der Waals surface area contributed by atoms with Gasteiger partial charge in [0, 0.05) is 23.3 Å². The molecule has 38 heavy (non-hydrogen) atoms. The maximum Gasteiger partial charge on any atom is 0.432 e. The van der Waals surface area contributed by atoms with Crippen LogP contribution in [0.3, 0.4) is 0 Å². The average Bonchev–Trinajstić information content (AvgIpc) is 3.66. The van der Waals surface area contributed by atoms with Crippen molar-refractivity contribution in [1.29, 1.82) is 0 Å². The zero-order valence-electron chi connectivity index (χ0n) is 20.1. The molecule has 8 heteroatoms. The third-order valence-corrected chi connectivity index (χ3v) is 6.62. The van der Waals surface area contributed by atoms with E-state index in [1.54, 1.807) is 6.07 Å². The van der Waals surface area contributed by atoms with E-state index >= 15 is 0 Å². The van der Waals surface area contributed by atoms with Crippen molar-refractivity contribution >= 4 is 0 Å². The van der Waals surface area contributed by atoms with E-state index in [0.29, 0.717) is 29.8 Å². The van der Waals surface area contributed by atoms with Crippen LogP contribution in [0.15, 0.2) is 66.7 Å². The van der Waals surface area contributed by atoms with Crippen molar-refractivity contribution in [1.82, 2.24) is 0 Å². The Morgan fingerprint density at radius 3 is 1.79 bits per heavy atom. The molecule has 0 N–H and O–H groups in total. The lowest BCUT2D eigenvalue weighted by Gasteiger charge is -2.20. The van der Waals surface area contributed by atoms with E-state index in [1.807, 2.05) is 24.3 Å². The molecule has 1 nitrogen and oxygen atoms in total. The first kappa shape index (κ1) is 25.8. The Kier molecular flexibility index (Phi) is 6.67. The van der Waals surface area contributed by atoms with E-state index in [1.165, 1.54) is 30.5 Å². The predicted octanol–water partition coefficient (Wildman–Crippen LogP) is 9.11. The zero-order chi connectivity index (χ0) is 27.2. The number of hydrogen-bond acceptors (Lipinski definition) is 1. The summed E-state index contributed by atoms with van der Waals surface area (Å²) in [6.45, 7) is 1.09. The highest BCUT2D eigenvalue weighted by Gasteiger charge is 2.41. The summed E-state index contributed by atoms with van der Waals surface area (Å²) in [7, 11) is 0. The van der Waals surface area contributed by atoms with Crippen molar-refractivity contribution in [2.45, 2.75) is 32.3 Å². The molecule has 0 saturated heterocycles. The lowest BCUT2D eigenvalue weighted by atomic mass is 9.97. The van der Waals surface area contributed by atoms with Gasteiger partial charge in [-0.2, -0.15) is 8.78 Å². The highest BCUT2D eigenvalue weighted by Crippen LogP contribution is 2.39. The van der Waals surface area contributed by atoms with Crippen LogP contribution in [0.4, 0.5) is 30.7 Å². The number of halogens is 7. The molecule has 0 atom stereocenters. The molecule has 1 saturated carbocycles.